The number of thioether (sulfide) groups is 1. The Morgan fingerprint density at radius 1 is 1.17 bits per heavy atom. The van der Waals surface area contributed by atoms with Gasteiger partial charge in [0.15, 0.2) is 13.9 Å². The lowest BCUT2D eigenvalue weighted by Gasteiger charge is -1.99. The smallest absolute Gasteiger partial charge is 0.205 e. The number of nitrogens with zero attached hydrogens (tertiary/aromatic N) is 3. The summed E-state index contributed by atoms with van der Waals surface area (Å²) in [6, 6.07) is 13.7. The lowest BCUT2D eigenvalue weighted by molar-refractivity contribution is 0.556. The van der Waals surface area contributed by atoms with E-state index in [4.69, 9.17) is 16.6 Å². The van der Waals surface area contributed by atoms with Crippen LogP contribution in [0.25, 0.3) is 16.8 Å². The zero-order valence-electron chi connectivity index (χ0n) is 12.2. The number of hydrogen-bond acceptors (Lipinski definition) is 6. The number of fused-ring (bicyclic) bond motifs is 1. The van der Waals surface area contributed by atoms with Gasteiger partial charge < -0.3 is 4.42 Å². The normalized spacial score (nSPS) is 11.2. The molecule has 0 amide bonds. The van der Waals surface area contributed by atoms with Crippen LogP contribution in [0.3, 0.4) is 0 Å². The number of para-hydroxylation sites is 2. The highest BCUT2D eigenvalue weighted by molar-refractivity contribution is 8.00. The molecule has 0 N–H and O–H groups in total. The average molecular weight is 375 g/mol. The molecule has 24 heavy (non-hydrogen) atoms. The van der Waals surface area contributed by atoms with Gasteiger partial charge in [0.25, 0.3) is 0 Å². The number of rotatable bonds is 4. The van der Waals surface area contributed by atoms with E-state index >= 15 is 0 Å². The van der Waals surface area contributed by atoms with Crippen molar-refractivity contribution in [3.05, 3.63) is 64.2 Å². The summed E-state index contributed by atoms with van der Waals surface area (Å²) >= 11 is 8.26. The maximum atomic E-state index is 13.0. The van der Waals surface area contributed by atoms with E-state index in [2.05, 4.69) is 10.1 Å². The van der Waals surface area contributed by atoms with Gasteiger partial charge in [-0.15, -0.1) is 5.10 Å². The quantitative estimate of drug-likeness (QED) is 0.361. The SMILES string of the molecule is Fc1ccc(-n2nc(SCc3nc4ccccc4o3)sc2=S)cc1. The van der Waals surface area contributed by atoms with Crippen LogP contribution in [-0.4, -0.2) is 14.8 Å². The van der Waals surface area contributed by atoms with Crippen LogP contribution in [0, 0.1) is 9.77 Å². The van der Waals surface area contributed by atoms with Gasteiger partial charge in [0.2, 0.25) is 5.89 Å². The third-order valence-corrected chi connectivity index (χ3v) is 5.61. The van der Waals surface area contributed by atoms with Gasteiger partial charge in [0, 0.05) is 0 Å². The van der Waals surface area contributed by atoms with Crippen molar-refractivity contribution in [3.8, 4) is 5.69 Å². The van der Waals surface area contributed by atoms with Crippen LogP contribution in [0.2, 0.25) is 0 Å². The number of halogens is 1. The molecule has 4 nitrogen and oxygen atoms in total. The van der Waals surface area contributed by atoms with E-state index in [9.17, 15) is 4.39 Å². The van der Waals surface area contributed by atoms with E-state index in [1.165, 1.54) is 35.2 Å². The zero-order valence-corrected chi connectivity index (χ0v) is 14.6. The van der Waals surface area contributed by atoms with Gasteiger partial charge in [0.1, 0.15) is 11.3 Å². The molecule has 0 spiro atoms. The minimum Gasteiger partial charge on any atom is -0.440 e. The Kier molecular flexibility index (Phi) is 4.17. The summed E-state index contributed by atoms with van der Waals surface area (Å²) in [4.78, 5) is 4.44. The van der Waals surface area contributed by atoms with Gasteiger partial charge in [-0.1, -0.05) is 35.2 Å². The molecule has 0 saturated carbocycles. The molecule has 2 heterocycles. The number of benzene rings is 2. The van der Waals surface area contributed by atoms with Crippen molar-refractivity contribution in [1.29, 1.82) is 0 Å². The van der Waals surface area contributed by atoms with Gasteiger partial charge >= 0.3 is 0 Å². The van der Waals surface area contributed by atoms with Crippen molar-refractivity contribution < 1.29 is 8.81 Å². The standard InChI is InChI=1S/C16H10FN3OS3/c17-10-5-7-11(8-6-10)20-16(22)24-15(19-20)23-9-14-18-12-3-1-2-4-13(12)21-14/h1-8H,9H2. The lowest BCUT2D eigenvalue weighted by atomic mass is 10.3. The third kappa shape index (κ3) is 3.12. The summed E-state index contributed by atoms with van der Waals surface area (Å²) in [5, 5.41) is 4.48. The Morgan fingerprint density at radius 2 is 1.96 bits per heavy atom. The van der Waals surface area contributed by atoms with Crippen LogP contribution in [-0.2, 0) is 5.75 Å². The molecular formula is C16H10FN3OS3. The maximum Gasteiger partial charge on any atom is 0.205 e. The minimum absolute atomic E-state index is 0.286. The van der Waals surface area contributed by atoms with Gasteiger partial charge in [-0.25, -0.2) is 14.1 Å². The first-order valence-electron chi connectivity index (χ1n) is 7.02. The second-order valence-corrected chi connectivity index (χ2v) is 7.73. The van der Waals surface area contributed by atoms with E-state index in [1.807, 2.05) is 24.3 Å². The molecule has 120 valence electrons. The molecule has 0 aliphatic rings. The summed E-state index contributed by atoms with van der Waals surface area (Å²) in [6.45, 7) is 0. The van der Waals surface area contributed by atoms with Crippen LogP contribution in [0.1, 0.15) is 5.89 Å². The van der Waals surface area contributed by atoms with Crippen molar-refractivity contribution in [3.63, 3.8) is 0 Å². The number of hydrogen-bond donors (Lipinski definition) is 0. The lowest BCUT2D eigenvalue weighted by Crippen LogP contribution is -1.96. The molecule has 0 fully saturated rings. The summed E-state index contributed by atoms with van der Waals surface area (Å²) < 4.78 is 21.8. The zero-order chi connectivity index (χ0) is 16.5. The van der Waals surface area contributed by atoms with Crippen molar-refractivity contribution in [1.82, 2.24) is 14.8 Å². The first kappa shape index (κ1) is 15.5. The summed E-state index contributed by atoms with van der Waals surface area (Å²) in [5.41, 5.74) is 2.36. The average Bonchev–Trinajstić information content (AvgIpc) is 3.16. The Labute approximate surface area is 150 Å². The molecule has 2 aromatic carbocycles. The molecule has 8 heteroatoms. The van der Waals surface area contributed by atoms with Crippen molar-refractivity contribution in [2.75, 3.05) is 0 Å². The van der Waals surface area contributed by atoms with Crippen LogP contribution in [0.5, 0.6) is 0 Å². The molecule has 0 aliphatic carbocycles. The molecule has 0 radical (unpaired) electrons. The third-order valence-electron chi connectivity index (χ3n) is 3.26. The van der Waals surface area contributed by atoms with Crippen molar-refractivity contribution >= 4 is 46.4 Å². The molecule has 0 aliphatic heterocycles. The molecular weight excluding hydrogens is 365 g/mol. The van der Waals surface area contributed by atoms with Crippen molar-refractivity contribution in [2.24, 2.45) is 0 Å². The largest absolute Gasteiger partial charge is 0.440 e. The molecule has 0 saturated heterocycles. The predicted molar refractivity (Wildman–Crippen MR) is 95.8 cm³/mol. The molecule has 4 aromatic rings. The topological polar surface area (TPSA) is 43.9 Å². The van der Waals surface area contributed by atoms with Crippen LogP contribution >= 0.6 is 35.3 Å². The summed E-state index contributed by atoms with van der Waals surface area (Å²) in [6.07, 6.45) is 0. The molecule has 2 aromatic heterocycles. The van der Waals surface area contributed by atoms with E-state index in [-0.39, 0.29) is 5.82 Å². The Morgan fingerprint density at radius 3 is 2.75 bits per heavy atom. The van der Waals surface area contributed by atoms with E-state index < -0.39 is 0 Å². The highest BCUT2D eigenvalue weighted by atomic mass is 32.2. The first-order valence-corrected chi connectivity index (χ1v) is 9.23. The molecule has 0 bridgehead atoms. The second-order valence-electron chi connectivity index (χ2n) is 4.89. The highest BCUT2D eigenvalue weighted by Gasteiger charge is 2.10. The minimum atomic E-state index is -0.286. The fraction of sp³-hybridized carbons (Fsp3) is 0.0625. The highest BCUT2D eigenvalue weighted by Crippen LogP contribution is 2.28. The van der Waals surface area contributed by atoms with E-state index in [0.717, 1.165) is 21.1 Å². The van der Waals surface area contributed by atoms with Gasteiger partial charge in [0.05, 0.1) is 11.4 Å². The monoisotopic (exact) mass is 375 g/mol. The first-order chi connectivity index (χ1) is 11.7. The predicted octanol–water partition coefficient (Wildman–Crippen LogP) is 5.24. The van der Waals surface area contributed by atoms with Gasteiger partial charge in [-0.05, 0) is 48.6 Å². The Balaban J connectivity index is 1.54. The van der Waals surface area contributed by atoms with E-state index in [0.29, 0.717) is 15.6 Å². The van der Waals surface area contributed by atoms with Crippen LogP contribution < -0.4 is 0 Å². The second kappa shape index (κ2) is 6.46. The fourth-order valence-corrected chi connectivity index (χ4v) is 4.37. The maximum absolute atomic E-state index is 13.0. The Hall–Kier alpha value is -2.03. The van der Waals surface area contributed by atoms with Gasteiger partial charge in [-0.3, -0.25) is 0 Å². The van der Waals surface area contributed by atoms with Crippen molar-refractivity contribution in [2.45, 2.75) is 10.1 Å². The van der Waals surface area contributed by atoms with Crippen LogP contribution in [0.15, 0.2) is 57.3 Å². The number of aromatic nitrogens is 3. The molecule has 0 atom stereocenters. The van der Waals surface area contributed by atoms with E-state index in [1.54, 1.807) is 16.8 Å². The fourth-order valence-electron chi connectivity index (χ4n) is 2.17. The Bertz CT molecular complexity index is 1020. The summed E-state index contributed by atoms with van der Waals surface area (Å²) in [7, 11) is 0. The summed E-state index contributed by atoms with van der Waals surface area (Å²) in [5.74, 6) is 0.933. The van der Waals surface area contributed by atoms with Crippen LogP contribution in [0.4, 0.5) is 4.39 Å². The molecule has 0 unspecified atom stereocenters. The molecule has 4 rings (SSSR count). The number of oxazole rings is 1. The van der Waals surface area contributed by atoms with Gasteiger partial charge in [-0.2, -0.15) is 0 Å².